The van der Waals surface area contributed by atoms with Gasteiger partial charge < -0.3 is 30.6 Å². The lowest BCUT2D eigenvalue weighted by molar-refractivity contribution is -0.144. The van der Waals surface area contributed by atoms with E-state index >= 15 is 0 Å². The average Bonchev–Trinajstić information content (AvgIpc) is 2.32. The summed E-state index contributed by atoms with van der Waals surface area (Å²) in [6.45, 7) is 0.532. The van der Waals surface area contributed by atoms with Gasteiger partial charge in [-0.05, 0) is 6.92 Å². The van der Waals surface area contributed by atoms with E-state index in [0.717, 1.165) is 0 Å². The van der Waals surface area contributed by atoms with E-state index < -0.39 is 43.0 Å². The van der Waals surface area contributed by atoms with E-state index in [2.05, 4.69) is 0 Å². The van der Waals surface area contributed by atoms with Crippen molar-refractivity contribution in [1.29, 1.82) is 5.26 Å². The van der Waals surface area contributed by atoms with Gasteiger partial charge in [-0.3, -0.25) is 0 Å². The minimum atomic E-state index is -1.85. The molecule has 0 saturated heterocycles. The lowest BCUT2D eigenvalue weighted by Crippen LogP contribution is -2.51. The molecule has 0 aromatic heterocycles. The molecule has 0 spiro atoms. The summed E-state index contributed by atoms with van der Waals surface area (Å²) < 4.78 is 0. The van der Waals surface area contributed by atoms with Gasteiger partial charge in [0.25, 0.3) is 0 Å². The van der Waals surface area contributed by atoms with E-state index in [0.29, 0.717) is 0 Å². The molecule has 0 bridgehead atoms. The summed E-state index contributed by atoms with van der Waals surface area (Å²) >= 11 is 0. The summed E-state index contributed by atoms with van der Waals surface area (Å²) in [6.07, 6.45) is -8.63. The molecule has 0 aliphatic heterocycles. The lowest BCUT2D eigenvalue weighted by Gasteiger charge is -2.29. The first-order valence-corrected chi connectivity index (χ1v) is 4.77. The molecular weight excluding hydrogens is 218 g/mol. The van der Waals surface area contributed by atoms with Crippen LogP contribution in [0.2, 0.25) is 0 Å². The zero-order valence-electron chi connectivity index (χ0n) is 8.80. The first-order valence-electron chi connectivity index (χ1n) is 4.77. The molecule has 0 aliphatic carbocycles. The number of hydrogen-bond acceptors (Lipinski definition) is 7. The number of hydrogen-bond donors (Lipinski definition) is 6. The summed E-state index contributed by atoms with van der Waals surface area (Å²) in [6, 6.07) is 1.67. The van der Waals surface area contributed by atoms with Crippen molar-refractivity contribution < 1.29 is 30.6 Å². The topological polar surface area (TPSA) is 145 Å². The molecule has 7 heteroatoms. The highest BCUT2D eigenvalue weighted by molar-refractivity contribution is 4.93. The van der Waals surface area contributed by atoms with Gasteiger partial charge in [-0.25, -0.2) is 0 Å². The molecule has 0 radical (unpaired) electrons. The van der Waals surface area contributed by atoms with Crippen LogP contribution in [-0.4, -0.2) is 67.8 Å². The Kier molecular flexibility index (Phi) is 6.43. The van der Waals surface area contributed by atoms with E-state index in [1.165, 1.54) is 6.92 Å². The van der Waals surface area contributed by atoms with Gasteiger partial charge in [0.15, 0.2) is 0 Å². The van der Waals surface area contributed by atoms with Gasteiger partial charge >= 0.3 is 0 Å². The van der Waals surface area contributed by atoms with E-state index in [9.17, 15) is 20.4 Å². The molecule has 0 aromatic carbocycles. The second-order valence-corrected chi connectivity index (χ2v) is 3.63. The van der Waals surface area contributed by atoms with Crippen molar-refractivity contribution in [2.24, 2.45) is 5.92 Å². The number of aliphatic hydroxyl groups excluding tert-OH is 6. The molecule has 0 rings (SSSR count). The molecule has 7 nitrogen and oxygen atoms in total. The minimum absolute atomic E-state index is 0.797. The molecule has 6 N–H and O–H groups in total. The van der Waals surface area contributed by atoms with Crippen LogP contribution in [0.25, 0.3) is 0 Å². The van der Waals surface area contributed by atoms with Gasteiger partial charge in [0.2, 0.25) is 0 Å². The molecule has 6 atom stereocenters. The van der Waals surface area contributed by atoms with Crippen molar-refractivity contribution in [2.75, 3.05) is 6.61 Å². The van der Waals surface area contributed by atoms with Crippen LogP contribution in [-0.2, 0) is 0 Å². The highest BCUT2D eigenvalue weighted by atomic mass is 16.4. The van der Waals surface area contributed by atoms with Gasteiger partial charge in [0.05, 0.1) is 24.7 Å². The molecular formula is C9H17NO6. The molecule has 0 heterocycles. The van der Waals surface area contributed by atoms with E-state index in [1.54, 1.807) is 6.07 Å². The summed E-state index contributed by atoms with van der Waals surface area (Å²) in [5, 5.41) is 63.4. The van der Waals surface area contributed by atoms with Crippen molar-refractivity contribution in [2.45, 2.75) is 37.4 Å². The third-order valence-electron chi connectivity index (χ3n) is 2.35. The predicted octanol–water partition coefficient (Wildman–Crippen LogP) is -3.06. The van der Waals surface area contributed by atoms with Crippen LogP contribution in [0.15, 0.2) is 0 Å². The molecule has 0 amide bonds. The highest BCUT2D eigenvalue weighted by Crippen LogP contribution is 2.13. The Balaban J connectivity index is 4.49. The Morgan fingerprint density at radius 2 is 1.38 bits per heavy atom. The smallest absolute Gasteiger partial charge is 0.111 e. The molecule has 94 valence electrons. The number of nitrogens with zero attached hydrogens (tertiary/aromatic N) is 1. The Labute approximate surface area is 92.8 Å². The molecule has 16 heavy (non-hydrogen) atoms. The Hall–Kier alpha value is -0.750. The molecule has 0 fully saturated rings. The zero-order chi connectivity index (χ0) is 12.9. The normalized spacial score (nSPS) is 22.6. The fourth-order valence-corrected chi connectivity index (χ4v) is 1.11. The van der Waals surface area contributed by atoms with E-state index in [1.807, 2.05) is 0 Å². The Morgan fingerprint density at radius 1 is 0.938 bits per heavy atom. The van der Waals surface area contributed by atoms with Gasteiger partial charge in [0, 0.05) is 0 Å². The van der Waals surface area contributed by atoms with E-state index in [4.69, 9.17) is 15.5 Å². The third-order valence-corrected chi connectivity index (χ3v) is 2.35. The minimum Gasteiger partial charge on any atom is -0.394 e. The monoisotopic (exact) mass is 235 g/mol. The summed E-state index contributed by atoms with van der Waals surface area (Å²) in [7, 11) is 0. The van der Waals surface area contributed by atoms with Gasteiger partial charge in [-0.2, -0.15) is 5.26 Å². The maximum Gasteiger partial charge on any atom is 0.111 e. The quantitative estimate of drug-likeness (QED) is 0.286. The first kappa shape index (κ1) is 15.2. The van der Waals surface area contributed by atoms with Crippen LogP contribution in [0.1, 0.15) is 6.92 Å². The van der Waals surface area contributed by atoms with Crippen molar-refractivity contribution >= 4 is 0 Å². The Morgan fingerprint density at radius 3 is 1.75 bits per heavy atom. The van der Waals surface area contributed by atoms with Crippen LogP contribution in [0.5, 0.6) is 0 Å². The first-order chi connectivity index (χ1) is 7.36. The molecule has 0 saturated carbocycles. The molecule has 0 aliphatic rings. The van der Waals surface area contributed by atoms with Crippen molar-refractivity contribution in [1.82, 2.24) is 0 Å². The maximum absolute atomic E-state index is 9.40. The number of rotatable bonds is 6. The fourth-order valence-electron chi connectivity index (χ4n) is 1.11. The average molecular weight is 235 g/mol. The van der Waals surface area contributed by atoms with Gasteiger partial charge in [-0.1, -0.05) is 0 Å². The number of aliphatic hydroxyl groups is 6. The number of nitriles is 1. The largest absolute Gasteiger partial charge is 0.394 e. The fraction of sp³-hybridized carbons (Fsp3) is 0.889. The van der Waals surface area contributed by atoms with E-state index in [-0.39, 0.29) is 0 Å². The Bertz CT molecular complexity index is 243. The summed E-state index contributed by atoms with van der Waals surface area (Å²) in [5.41, 5.74) is 0. The summed E-state index contributed by atoms with van der Waals surface area (Å²) in [5.74, 6) is -0.942. The SMILES string of the molecule is CC(C#N)C(O)[C@@H](O)[C@@H](O)[C@H](O)[C@H](O)CO. The van der Waals surface area contributed by atoms with Crippen LogP contribution < -0.4 is 0 Å². The van der Waals surface area contributed by atoms with Crippen LogP contribution in [0.4, 0.5) is 0 Å². The van der Waals surface area contributed by atoms with Gasteiger partial charge in [-0.15, -0.1) is 0 Å². The molecule has 2 unspecified atom stereocenters. The van der Waals surface area contributed by atoms with Crippen molar-refractivity contribution in [3.63, 3.8) is 0 Å². The molecule has 0 aromatic rings. The van der Waals surface area contributed by atoms with Crippen molar-refractivity contribution in [3.05, 3.63) is 0 Å². The highest BCUT2D eigenvalue weighted by Gasteiger charge is 2.36. The predicted molar refractivity (Wildman–Crippen MR) is 51.9 cm³/mol. The third kappa shape index (κ3) is 3.68. The second kappa shape index (κ2) is 6.75. The van der Waals surface area contributed by atoms with Crippen LogP contribution >= 0.6 is 0 Å². The van der Waals surface area contributed by atoms with Crippen LogP contribution in [0.3, 0.4) is 0 Å². The standard InChI is InChI=1S/C9H17NO6/c1-4(2-10)6(13)8(15)9(16)7(14)5(12)3-11/h4-9,11-16H,3H2,1H3/t4?,5-,6?,7-,8-,9+/m1/s1. The maximum atomic E-state index is 9.40. The summed E-state index contributed by atoms with van der Waals surface area (Å²) in [4.78, 5) is 0. The van der Waals surface area contributed by atoms with Crippen molar-refractivity contribution in [3.8, 4) is 6.07 Å². The van der Waals surface area contributed by atoms with Gasteiger partial charge in [0.1, 0.15) is 24.4 Å². The lowest BCUT2D eigenvalue weighted by atomic mass is 9.93. The zero-order valence-corrected chi connectivity index (χ0v) is 8.80. The second-order valence-electron chi connectivity index (χ2n) is 3.63. The van der Waals surface area contributed by atoms with Crippen LogP contribution in [0, 0.1) is 17.2 Å².